The van der Waals surface area contributed by atoms with Crippen LogP contribution in [0.1, 0.15) is 12.0 Å². The van der Waals surface area contributed by atoms with E-state index in [0.29, 0.717) is 11.3 Å². The minimum atomic E-state index is -2.67. The normalized spacial score (nSPS) is 19.3. The van der Waals surface area contributed by atoms with Crippen molar-refractivity contribution in [2.45, 2.75) is 18.8 Å². The number of phenolic OH excluding ortho intramolecular Hbond substituents is 1. The molecule has 0 amide bonds. The van der Waals surface area contributed by atoms with Crippen LogP contribution < -0.4 is 5.32 Å². The predicted octanol–water partition coefficient (Wildman–Crippen LogP) is 2.39. The molecule has 2 rings (SSSR count). The molecule has 0 unspecified atom stereocenters. The van der Waals surface area contributed by atoms with Crippen molar-refractivity contribution >= 4 is 5.69 Å². The third-order valence-electron chi connectivity index (χ3n) is 2.37. The quantitative estimate of drug-likeness (QED) is 0.629. The summed E-state index contributed by atoms with van der Waals surface area (Å²) >= 11 is 0. The van der Waals surface area contributed by atoms with Crippen molar-refractivity contribution < 1.29 is 13.9 Å². The van der Waals surface area contributed by atoms with Crippen LogP contribution in [0.2, 0.25) is 0 Å². The van der Waals surface area contributed by atoms with Gasteiger partial charge in [-0.15, -0.1) is 0 Å². The Hall–Kier alpha value is -1.32. The van der Waals surface area contributed by atoms with Gasteiger partial charge in [-0.2, -0.15) is 0 Å². The van der Waals surface area contributed by atoms with Gasteiger partial charge in [-0.05, 0) is 11.6 Å². The van der Waals surface area contributed by atoms with Crippen molar-refractivity contribution in [3.05, 3.63) is 23.8 Å². The molecule has 1 aromatic carbocycles. The van der Waals surface area contributed by atoms with Gasteiger partial charge in [0, 0.05) is 19.4 Å². The molecule has 2 nitrogen and oxygen atoms in total. The Balaban J connectivity index is 2.42. The minimum absolute atomic E-state index is 0.0419. The molecule has 0 aliphatic carbocycles. The van der Waals surface area contributed by atoms with Gasteiger partial charge in [0.2, 0.25) is 0 Å². The molecule has 0 radical (unpaired) electrons. The number of alkyl halides is 2. The van der Waals surface area contributed by atoms with Crippen LogP contribution in [0.15, 0.2) is 18.2 Å². The van der Waals surface area contributed by atoms with Crippen molar-refractivity contribution in [3.8, 4) is 5.75 Å². The van der Waals surface area contributed by atoms with E-state index in [-0.39, 0.29) is 25.1 Å². The first-order valence-electron chi connectivity index (χ1n) is 4.51. The number of aromatic hydroxyl groups is 1. The second kappa shape index (κ2) is 3.12. The Kier molecular flexibility index (Phi) is 2.06. The average molecular weight is 199 g/mol. The molecule has 2 N–H and O–H groups in total. The van der Waals surface area contributed by atoms with Gasteiger partial charge in [-0.1, -0.05) is 12.1 Å². The van der Waals surface area contributed by atoms with Crippen LogP contribution in [0.5, 0.6) is 5.75 Å². The molecule has 1 aliphatic heterocycles. The van der Waals surface area contributed by atoms with Crippen LogP contribution in [-0.4, -0.2) is 17.6 Å². The van der Waals surface area contributed by atoms with Crippen LogP contribution in [0.4, 0.5) is 14.5 Å². The molecular formula is C10H11F2NO. The van der Waals surface area contributed by atoms with Gasteiger partial charge in [-0.25, -0.2) is 8.78 Å². The summed E-state index contributed by atoms with van der Waals surface area (Å²) in [4.78, 5) is 0. The van der Waals surface area contributed by atoms with Gasteiger partial charge in [0.1, 0.15) is 5.75 Å². The Labute approximate surface area is 80.6 Å². The van der Waals surface area contributed by atoms with Crippen molar-refractivity contribution in [1.82, 2.24) is 0 Å². The highest BCUT2D eigenvalue weighted by Gasteiger charge is 2.32. The number of benzene rings is 1. The van der Waals surface area contributed by atoms with E-state index in [1.165, 1.54) is 6.07 Å². The highest BCUT2D eigenvalue weighted by molar-refractivity contribution is 5.62. The van der Waals surface area contributed by atoms with Crippen LogP contribution in [0, 0.1) is 0 Å². The number of nitrogens with one attached hydrogen (secondary N) is 1. The molecule has 0 fully saturated rings. The predicted molar refractivity (Wildman–Crippen MR) is 49.9 cm³/mol. The SMILES string of the molecule is Oc1cccc2c1NCCC(F)(F)C2. The topological polar surface area (TPSA) is 32.3 Å². The summed E-state index contributed by atoms with van der Waals surface area (Å²) in [6.07, 6.45) is -0.495. The summed E-state index contributed by atoms with van der Waals surface area (Å²) in [5.74, 6) is -2.63. The third-order valence-corrected chi connectivity index (χ3v) is 2.37. The molecule has 76 valence electrons. The molecule has 14 heavy (non-hydrogen) atoms. The molecule has 0 spiro atoms. The van der Waals surface area contributed by atoms with E-state index in [4.69, 9.17) is 0 Å². The van der Waals surface area contributed by atoms with Gasteiger partial charge in [0.15, 0.2) is 0 Å². The molecule has 0 atom stereocenters. The van der Waals surface area contributed by atoms with E-state index in [0.717, 1.165) is 0 Å². The molecule has 0 aromatic heterocycles. The van der Waals surface area contributed by atoms with Crippen molar-refractivity contribution in [2.24, 2.45) is 0 Å². The zero-order valence-corrected chi connectivity index (χ0v) is 7.56. The molecule has 1 aromatic rings. The highest BCUT2D eigenvalue weighted by Crippen LogP contribution is 2.35. The number of hydrogen-bond acceptors (Lipinski definition) is 2. The smallest absolute Gasteiger partial charge is 0.253 e. The van der Waals surface area contributed by atoms with E-state index in [1.807, 2.05) is 0 Å². The number of phenols is 1. The van der Waals surface area contributed by atoms with E-state index in [1.54, 1.807) is 12.1 Å². The van der Waals surface area contributed by atoms with Gasteiger partial charge in [0.25, 0.3) is 5.92 Å². The van der Waals surface area contributed by atoms with Gasteiger partial charge >= 0.3 is 0 Å². The monoisotopic (exact) mass is 199 g/mol. The Morgan fingerprint density at radius 1 is 1.36 bits per heavy atom. The van der Waals surface area contributed by atoms with E-state index in [2.05, 4.69) is 5.32 Å². The molecule has 0 bridgehead atoms. The summed E-state index contributed by atoms with van der Waals surface area (Å²) in [5, 5.41) is 12.3. The van der Waals surface area contributed by atoms with E-state index in [9.17, 15) is 13.9 Å². The first-order chi connectivity index (χ1) is 6.58. The number of rotatable bonds is 0. The number of para-hydroxylation sites is 1. The fourth-order valence-electron chi connectivity index (χ4n) is 1.68. The van der Waals surface area contributed by atoms with Crippen LogP contribution in [0.3, 0.4) is 0 Å². The Morgan fingerprint density at radius 2 is 2.14 bits per heavy atom. The number of halogens is 2. The van der Waals surface area contributed by atoms with Gasteiger partial charge in [0.05, 0.1) is 5.69 Å². The van der Waals surface area contributed by atoms with E-state index >= 15 is 0 Å². The molecule has 0 saturated carbocycles. The van der Waals surface area contributed by atoms with Crippen molar-refractivity contribution in [3.63, 3.8) is 0 Å². The molecule has 1 heterocycles. The number of anilines is 1. The van der Waals surface area contributed by atoms with E-state index < -0.39 is 5.92 Å². The zero-order valence-electron chi connectivity index (χ0n) is 7.56. The van der Waals surface area contributed by atoms with Crippen LogP contribution >= 0.6 is 0 Å². The lowest BCUT2D eigenvalue weighted by Gasteiger charge is -2.12. The maximum Gasteiger partial charge on any atom is 0.253 e. The second-order valence-corrected chi connectivity index (χ2v) is 3.52. The third kappa shape index (κ3) is 1.64. The first-order valence-corrected chi connectivity index (χ1v) is 4.51. The summed E-state index contributed by atoms with van der Waals surface area (Å²) in [5.41, 5.74) is 0.928. The average Bonchev–Trinajstić information content (AvgIpc) is 2.23. The Bertz CT molecular complexity index is 352. The molecule has 0 saturated heterocycles. The van der Waals surface area contributed by atoms with Crippen LogP contribution in [-0.2, 0) is 6.42 Å². The number of hydrogen-bond donors (Lipinski definition) is 2. The lowest BCUT2D eigenvalue weighted by Crippen LogP contribution is -2.19. The summed E-state index contributed by atoms with van der Waals surface area (Å²) < 4.78 is 26.3. The minimum Gasteiger partial charge on any atom is -0.506 e. The van der Waals surface area contributed by atoms with Crippen molar-refractivity contribution in [1.29, 1.82) is 0 Å². The summed E-state index contributed by atoms with van der Waals surface area (Å²) in [6.45, 7) is 0.192. The second-order valence-electron chi connectivity index (χ2n) is 3.52. The summed E-state index contributed by atoms with van der Waals surface area (Å²) in [7, 11) is 0. The fraction of sp³-hybridized carbons (Fsp3) is 0.400. The van der Waals surface area contributed by atoms with Crippen LogP contribution in [0.25, 0.3) is 0 Å². The fourth-order valence-corrected chi connectivity index (χ4v) is 1.68. The standard InChI is InChI=1S/C10H11F2NO/c11-10(12)4-5-13-9-7(6-10)2-1-3-8(9)14/h1-3,13-14H,4-6H2. The highest BCUT2D eigenvalue weighted by atomic mass is 19.3. The van der Waals surface area contributed by atoms with Gasteiger partial charge < -0.3 is 10.4 Å². The first kappa shape index (κ1) is 9.24. The molecule has 4 heteroatoms. The molecule has 1 aliphatic rings. The maximum absolute atomic E-state index is 13.2. The van der Waals surface area contributed by atoms with Gasteiger partial charge in [-0.3, -0.25) is 0 Å². The van der Waals surface area contributed by atoms with Crippen molar-refractivity contribution in [2.75, 3.05) is 11.9 Å². The lowest BCUT2D eigenvalue weighted by molar-refractivity contribution is -0.00195. The largest absolute Gasteiger partial charge is 0.506 e. The maximum atomic E-state index is 13.2. The number of fused-ring (bicyclic) bond motifs is 1. The lowest BCUT2D eigenvalue weighted by atomic mass is 10.0. The Morgan fingerprint density at radius 3 is 2.93 bits per heavy atom. The zero-order chi connectivity index (χ0) is 10.2. The summed E-state index contributed by atoms with van der Waals surface area (Å²) in [6, 6.07) is 4.69. The molecular weight excluding hydrogens is 188 g/mol.